The molecule has 4 N–H and O–H groups in total. The Labute approximate surface area is 212 Å². The molecule has 0 radical (unpaired) electrons. The van der Waals surface area contributed by atoms with Crippen molar-refractivity contribution in [3.8, 4) is 5.75 Å². The molecule has 1 aliphatic carbocycles. The van der Waals surface area contributed by atoms with Crippen LogP contribution < -0.4 is 10.6 Å². The molecule has 198 valence electrons. The lowest BCUT2D eigenvalue weighted by Gasteiger charge is -2.45. The number of hydroxylamine groups is 2. The van der Waals surface area contributed by atoms with Crippen LogP contribution in [0.5, 0.6) is 5.75 Å². The number of phenolic OH excluding ortho intramolecular Hbond substituents is 1. The summed E-state index contributed by atoms with van der Waals surface area (Å²) in [5.74, 6) is -2.67. The number of hydrogen-bond donors (Lipinski definition) is 4. The van der Waals surface area contributed by atoms with Gasteiger partial charge in [-0.15, -0.1) is 0 Å². The molecule has 2 atom stereocenters. The van der Waals surface area contributed by atoms with E-state index in [2.05, 4.69) is 10.6 Å². The highest BCUT2D eigenvalue weighted by Gasteiger charge is 2.40. The molecule has 36 heavy (non-hydrogen) atoms. The van der Waals surface area contributed by atoms with Gasteiger partial charge in [0, 0.05) is 24.7 Å². The number of phenols is 1. The number of aromatic hydroxyl groups is 1. The van der Waals surface area contributed by atoms with Crippen molar-refractivity contribution in [2.45, 2.75) is 76.9 Å². The van der Waals surface area contributed by atoms with Crippen LogP contribution in [0.3, 0.4) is 0 Å². The number of benzene rings is 1. The van der Waals surface area contributed by atoms with Gasteiger partial charge in [-0.05, 0) is 56.7 Å². The topological polar surface area (TPSA) is 139 Å². The van der Waals surface area contributed by atoms with Crippen LogP contribution in [0.1, 0.15) is 64.4 Å². The lowest BCUT2D eigenvalue weighted by Crippen LogP contribution is -2.60. The van der Waals surface area contributed by atoms with Crippen molar-refractivity contribution in [3.05, 3.63) is 29.8 Å². The number of likely N-dealkylation sites (tertiary alicyclic amines) is 1. The first-order chi connectivity index (χ1) is 17.1. The minimum absolute atomic E-state index is 0.136. The summed E-state index contributed by atoms with van der Waals surface area (Å²) in [4.78, 5) is 51.0. The summed E-state index contributed by atoms with van der Waals surface area (Å²) in [6, 6.07) is 7.10. The fourth-order valence-corrected chi connectivity index (χ4v) is 5.40. The van der Waals surface area contributed by atoms with Gasteiger partial charge in [0.05, 0.1) is 12.5 Å². The van der Waals surface area contributed by atoms with Crippen LogP contribution in [0, 0.1) is 11.8 Å². The first-order valence-electron chi connectivity index (χ1n) is 12.7. The van der Waals surface area contributed by atoms with Crippen molar-refractivity contribution in [1.29, 1.82) is 0 Å². The van der Waals surface area contributed by atoms with E-state index in [1.165, 1.54) is 4.90 Å². The molecule has 1 saturated carbocycles. The Bertz CT molecular complexity index is 929. The molecule has 0 unspecified atom stereocenters. The average molecular weight is 503 g/mol. The second-order valence-corrected chi connectivity index (χ2v) is 10.6. The SMILES string of the molecule is CC1(C)C[C@@H](NCc2ccc(O)cc2)CCN1C(=O)C(=O)NC(=O)[C@H](CC1CCCC1)CN(O)C=O. The molecule has 3 rings (SSSR count). The molecule has 0 aromatic heterocycles. The van der Waals surface area contributed by atoms with Gasteiger partial charge in [-0.3, -0.25) is 29.7 Å². The Kier molecular flexibility index (Phi) is 9.44. The molecule has 4 amide bonds. The largest absolute Gasteiger partial charge is 0.508 e. The Hall–Kier alpha value is -2.98. The Balaban J connectivity index is 1.55. The standard InChI is InChI=1S/C26H38N4O6/c1-26(2)14-21(27-15-19-7-9-22(32)10-8-19)11-12-30(26)25(35)24(34)28-23(33)20(16-29(36)17-31)13-18-5-3-4-6-18/h7-10,17-18,20-21,27,32,36H,3-6,11-16H2,1-2H3,(H,28,33,34)/t20-,21+/m1/s1. The van der Waals surface area contributed by atoms with Crippen molar-refractivity contribution in [2.24, 2.45) is 11.8 Å². The molecule has 10 nitrogen and oxygen atoms in total. The number of amides is 4. The molecule has 1 aromatic rings. The summed E-state index contributed by atoms with van der Waals surface area (Å²) >= 11 is 0. The molecular weight excluding hydrogens is 464 g/mol. The monoisotopic (exact) mass is 502 g/mol. The van der Waals surface area contributed by atoms with Crippen LogP contribution >= 0.6 is 0 Å². The zero-order valence-electron chi connectivity index (χ0n) is 21.1. The van der Waals surface area contributed by atoms with Crippen molar-refractivity contribution in [2.75, 3.05) is 13.1 Å². The lowest BCUT2D eigenvalue weighted by atomic mass is 9.86. The van der Waals surface area contributed by atoms with Crippen molar-refractivity contribution >= 4 is 24.1 Å². The molecular formula is C26H38N4O6. The van der Waals surface area contributed by atoms with E-state index in [4.69, 9.17) is 0 Å². The van der Waals surface area contributed by atoms with Crippen LogP contribution in [0.2, 0.25) is 0 Å². The van der Waals surface area contributed by atoms with Gasteiger partial charge in [-0.2, -0.15) is 0 Å². The van der Waals surface area contributed by atoms with E-state index in [9.17, 15) is 29.5 Å². The summed E-state index contributed by atoms with van der Waals surface area (Å²) in [5, 5.41) is 25.2. The molecule has 1 aromatic carbocycles. The number of nitrogens with one attached hydrogen (secondary N) is 2. The van der Waals surface area contributed by atoms with E-state index in [-0.39, 0.29) is 24.7 Å². The quantitative estimate of drug-likeness (QED) is 0.175. The van der Waals surface area contributed by atoms with Crippen LogP contribution in [0.15, 0.2) is 24.3 Å². The van der Waals surface area contributed by atoms with Gasteiger partial charge in [0.2, 0.25) is 12.3 Å². The predicted molar refractivity (Wildman–Crippen MR) is 132 cm³/mol. The fourth-order valence-electron chi connectivity index (χ4n) is 5.40. The first-order valence-corrected chi connectivity index (χ1v) is 12.7. The number of rotatable bonds is 9. The summed E-state index contributed by atoms with van der Waals surface area (Å²) in [5.41, 5.74) is 0.426. The maximum Gasteiger partial charge on any atom is 0.316 e. The van der Waals surface area contributed by atoms with E-state index in [0.29, 0.717) is 43.3 Å². The number of carbonyl (C=O) groups excluding carboxylic acids is 4. The third-order valence-corrected chi connectivity index (χ3v) is 7.38. The minimum Gasteiger partial charge on any atom is -0.508 e. The smallest absolute Gasteiger partial charge is 0.316 e. The molecule has 1 heterocycles. The van der Waals surface area contributed by atoms with Crippen molar-refractivity contribution in [3.63, 3.8) is 0 Å². The van der Waals surface area contributed by atoms with Gasteiger partial charge < -0.3 is 15.3 Å². The third kappa shape index (κ3) is 7.51. The second-order valence-electron chi connectivity index (χ2n) is 10.6. The van der Waals surface area contributed by atoms with Gasteiger partial charge in [0.1, 0.15) is 5.75 Å². The van der Waals surface area contributed by atoms with E-state index in [0.717, 1.165) is 31.2 Å². The summed E-state index contributed by atoms with van der Waals surface area (Å²) in [6.07, 6.45) is 6.02. The molecule has 0 spiro atoms. The first kappa shape index (κ1) is 27.6. The summed E-state index contributed by atoms with van der Waals surface area (Å²) in [6.45, 7) is 4.55. The maximum atomic E-state index is 13.0. The van der Waals surface area contributed by atoms with Crippen molar-refractivity contribution in [1.82, 2.24) is 20.6 Å². The summed E-state index contributed by atoms with van der Waals surface area (Å²) in [7, 11) is 0. The number of carbonyl (C=O) groups is 4. The highest BCUT2D eigenvalue weighted by atomic mass is 16.5. The zero-order valence-corrected chi connectivity index (χ0v) is 21.1. The second kappa shape index (κ2) is 12.3. The lowest BCUT2D eigenvalue weighted by molar-refractivity contribution is -0.157. The van der Waals surface area contributed by atoms with E-state index >= 15 is 0 Å². The van der Waals surface area contributed by atoms with Crippen LogP contribution in [-0.4, -0.2) is 69.1 Å². The maximum absolute atomic E-state index is 13.0. The Morgan fingerprint density at radius 3 is 2.44 bits per heavy atom. The highest BCUT2D eigenvalue weighted by molar-refractivity contribution is 6.37. The Morgan fingerprint density at radius 2 is 1.83 bits per heavy atom. The zero-order chi connectivity index (χ0) is 26.3. The van der Waals surface area contributed by atoms with E-state index in [1.807, 2.05) is 26.0 Å². The van der Waals surface area contributed by atoms with Gasteiger partial charge in [0.15, 0.2) is 0 Å². The van der Waals surface area contributed by atoms with Crippen LogP contribution in [-0.2, 0) is 25.7 Å². The van der Waals surface area contributed by atoms with Crippen LogP contribution in [0.4, 0.5) is 0 Å². The van der Waals surface area contributed by atoms with Crippen molar-refractivity contribution < 1.29 is 29.5 Å². The normalized spacial score (nSPS) is 20.5. The number of imide groups is 1. The minimum atomic E-state index is -0.990. The van der Waals surface area contributed by atoms with Gasteiger partial charge in [-0.25, -0.2) is 5.06 Å². The molecule has 1 aliphatic heterocycles. The molecule has 2 aliphatic rings. The van der Waals surface area contributed by atoms with E-state index < -0.39 is 29.2 Å². The average Bonchev–Trinajstić information content (AvgIpc) is 3.35. The molecule has 1 saturated heterocycles. The fraction of sp³-hybridized carbons (Fsp3) is 0.615. The summed E-state index contributed by atoms with van der Waals surface area (Å²) < 4.78 is 0. The highest BCUT2D eigenvalue weighted by Crippen LogP contribution is 2.31. The third-order valence-electron chi connectivity index (χ3n) is 7.38. The van der Waals surface area contributed by atoms with Gasteiger partial charge in [-0.1, -0.05) is 37.8 Å². The number of nitrogens with zero attached hydrogens (tertiary/aromatic N) is 2. The van der Waals surface area contributed by atoms with Gasteiger partial charge in [0.25, 0.3) is 0 Å². The molecule has 10 heteroatoms. The van der Waals surface area contributed by atoms with E-state index in [1.54, 1.807) is 12.1 Å². The van der Waals surface area contributed by atoms with Gasteiger partial charge >= 0.3 is 11.8 Å². The van der Waals surface area contributed by atoms with Crippen LogP contribution in [0.25, 0.3) is 0 Å². The number of piperidine rings is 1. The molecule has 2 fully saturated rings. The molecule has 0 bridgehead atoms. The number of hydrogen-bond acceptors (Lipinski definition) is 7. The Morgan fingerprint density at radius 1 is 1.17 bits per heavy atom. The predicted octanol–water partition coefficient (Wildman–Crippen LogP) is 1.94.